The monoisotopic (exact) mass is 396 g/mol. The molecule has 0 radical (unpaired) electrons. The molecule has 0 aliphatic carbocycles. The number of hydrogen-bond acceptors (Lipinski definition) is 7. The zero-order valence-corrected chi connectivity index (χ0v) is 16.2. The van der Waals surface area contributed by atoms with Gasteiger partial charge in [0.25, 0.3) is 0 Å². The molecule has 4 N–H and O–H groups in total. The Balaban J connectivity index is 2.11. The molecule has 28 heavy (non-hydrogen) atoms. The Morgan fingerprint density at radius 3 is 2.18 bits per heavy atom. The number of esters is 1. The van der Waals surface area contributed by atoms with E-state index in [1.807, 2.05) is 24.3 Å². The number of carboxylic acid groups (broad SMARTS) is 1. The van der Waals surface area contributed by atoms with E-state index in [2.05, 4.69) is 13.8 Å². The zero-order chi connectivity index (χ0) is 21.0. The summed E-state index contributed by atoms with van der Waals surface area (Å²) in [4.78, 5) is 23.8. The van der Waals surface area contributed by atoms with E-state index in [0.29, 0.717) is 12.3 Å². The van der Waals surface area contributed by atoms with Gasteiger partial charge in [0.15, 0.2) is 6.10 Å². The van der Waals surface area contributed by atoms with E-state index < -0.39 is 48.6 Å². The minimum atomic E-state index is -1.84. The van der Waals surface area contributed by atoms with Crippen LogP contribution in [-0.2, 0) is 25.5 Å². The summed E-state index contributed by atoms with van der Waals surface area (Å²) >= 11 is 0. The molecule has 0 bridgehead atoms. The van der Waals surface area contributed by atoms with Gasteiger partial charge in [-0.2, -0.15) is 0 Å². The zero-order valence-electron chi connectivity index (χ0n) is 16.2. The molecular formula is C20H28O8. The number of hydrogen-bond donors (Lipinski definition) is 4. The molecule has 2 rings (SSSR count). The van der Waals surface area contributed by atoms with Gasteiger partial charge in [0.05, 0.1) is 5.92 Å². The van der Waals surface area contributed by atoms with Gasteiger partial charge in [-0.1, -0.05) is 45.0 Å². The summed E-state index contributed by atoms with van der Waals surface area (Å²) in [6, 6.07) is 7.56. The maximum absolute atomic E-state index is 12.6. The fraction of sp³-hybridized carbons (Fsp3) is 0.600. The fourth-order valence-corrected chi connectivity index (χ4v) is 3.24. The molecular weight excluding hydrogens is 368 g/mol. The van der Waals surface area contributed by atoms with Crippen LogP contribution < -0.4 is 0 Å². The predicted molar refractivity (Wildman–Crippen MR) is 98.4 cm³/mol. The lowest BCUT2D eigenvalue weighted by molar-refractivity contribution is -0.286. The van der Waals surface area contributed by atoms with Crippen LogP contribution in [0.25, 0.3) is 0 Å². The Morgan fingerprint density at radius 1 is 1.07 bits per heavy atom. The summed E-state index contributed by atoms with van der Waals surface area (Å²) in [6.45, 7) is 6.03. The summed E-state index contributed by atoms with van der Waals surface area (Å²) in [7, 11) is 0. The van der Waals surface area contributed by atoms with Crippen molar-refractivity contribution in [2.45, 2.75) is 70.2 Å². The number of carboxylic acids is 1. The van der Waals surface area contributed by atoms with Gasteiger partial charge in [-0.3, -0.25) is 4.79 Å². The number of carbonyl (C=O) groups is 2. The second-order valence-corrected chi connectivity index (χ2v) is 7.47. The van der Waals surface area contributed by atoms with E-state index in [-0.39, 0.29) is 0 Å². The number of aliphatic hydroxyl groups is 3. The van der Waals surface area contributed by atoms with Crippen LogP contribution in [0.2, 0.25) is 0 Å². The Hall–Kier alpha value is -2.00. The van der Waals surface area contributed by atoms with Crippen LogP contribution in [0.3, 0.4) is 0 Å². The van der Waals surface area contributed by atoms with Gasteiger partial charge >= 0.3 is 11.9 Å². The van der Waals surface area contributed by atoms with E-state index in [9.17, 15) is 24.9 Å². The van der Waals surface area contributed by atoms with Gasteiger partial charge in [0.1, 0.15) is 18.3 Å². The van der Waals surface area contributed by atoms with Gasteiger partial charge in [-0.25, -0.2) is 4.79 Å². The third kappa shape index (κ3) is 5.08. The van der Waals surface area contributed by atoms with Crippen LogP contribution >= 0.6 is 0 Å². The highest BCUT2D eigenvalue weighted by Crippen LogP contribution is 2.27. The quantitative estimate of drug-likeness (QED) is 0.498. The van der Waals surface area contributed by atoms with E-state index in [1.54, 1.807) is 6.92 Å². The lowest BCUT2D eigenvalue weighted by atomic mass is 9.94. The first-order chi connectivity index (χ1) is 13.1. The predicted octanol–water partition coefficient (Wildman–Crippen LogP) is 0.814. The largest absolute Gasteiger partial charge is 0.479 e. The Kier molecular flexibility index (Phi) is 7.54. The van der Waals surface area contributed by atoms with Crippen molar-refractivity contribution in [2.24, 2.45) is 5.92 Å². The first-order valence-electron chi connectivity index (χ1n) is 9.37. The minimum Gasteiger partial charge on any atom is -0.479 e. The van der Waals surface area contributed by atoms with Crippen molar-refractivity contribution in [1.29, 1.82) is 0 Å². The Labute approximate surface area is 163 Å². The van der Waals surface area contributed by atoms with Crippen molar-refractivity contribution >= 4 is 11.9 Å². The molecule has 1 aromatic carbocycles. The highest BCUT2D eigenvalue weighted by Gasteiger charge is 2.48. The Morgan fingerprint density at radius 2 is 1.68 bits per heavy atom. The van der Waals surface area contributed by atoms with Gasteiger partial charge in [0, 0.05) is 0 Å². The molecule has 0 aromatic heterocycles. The molecule has 0 unspecified atom stereocenters. The van der Waals surface area contributed by atoms with Crippen molar-refractivity contribution in [3.05, 3.63) is 35.4 Å². The minimum absolute atomic E-state index is 0.415. The van der Waals surface area contributed by atoms with Gasteiger partial charge in [-0.15, -0.1) is 0 Å². The summed E-state index contributed by atoms with van der Waals surface area (Å²) in [5.74, 6) is -2.38. The van der Waals surface area contributed by atoms with E-state index in [1.165, 1.54) is 0 Å². The summed E-state index contributed by atoms with van der Waals surface area (Å²) in [6.07, 6.45) is -7.59. The van der Waals surface area contributed by atoms with Crippen molar-refractivity contribution in [3.8, 4) is 0 Å². The van der Waals surface area contributed by atoms with Crippen LogP contribution in [0.1, 0.15) is 44.2 Å². The molecule has 1 aliphatic rings. The molecule has 6 atom stereocenters. The second-order valence-electron chi connectivity index (χ2n) is 7.47. The molecule has 1 aliphatic heterocycles. The number of aliphatic hydroxyl groups excluding tert-OH is 3. The summed E-state index contributed by atoms with van der Waals surface area (Å²) < 4.78 is 10.2. The molecule has 1 aromatic rings. The van der Waals surface area contributed by atoms with Crippen molar-refractivity contribution < 1.29 is 39.5 Å². The standard InChI is InChI=1S/C20H28O8/c1-4-13(12-7-5-11(6-8-12)9-10(2)3)19(26)28-20-16(23)14(21)15(22)17(27-20)18(24)25/h5-8,10,13-17,20-23H,4,9H2,1-3H3,(H,24,25)/t13-,14+,15+,16-,17+,20+/m1/s1. The maximum Gasteiger partial charge on any atom is 0.335 e. The van der Waals surface area contributed by atoms with Crippen molar-refractivity contribution in [1.82, 2.24) is 0 Å². The lowest BCUT2D eigenvalue weighted by Gasteiger charge is -2.38. The third-order valence-electron chi connectivity index (χ3n) is 4.76. The highest BCUT2D eigenvalue weighted by atomic mass is 16.7. The first kappa shape index (κ1) is 22.3. The maximum atomic E-state index is 12.6. The van der Waals surface area contributed by atoms with E-state index >= 15 is 0 Å². The smallest absolute Gasteiger partial charge is 0.335 e. The van der Waals surface area contributed by atoms with Crippen LogP contribution in [0.5, 0.6) is 0 Å². The number of benzene rings is 1. The topological polar surface area (TPSA) is 134 Å². The van der Waals surface area contributed by atoms with Crippen LogP contribution in [0.15, 0.2) is 24.3 Å². The highest BCUT2D eigenvalue weighted by molar-refractivity contribution is 5.78. The van der Waals surface area contributed by atoms with Crippen molar-refractivity contribution in [2.75, 3.05) is 0 Å². The fourth-order valence-electron chi connectivity index (χ4n) is 3.24. The summed E-state index contributed by atoms with van der Waals surface area (Å²) in [5.41, 5.74) is 1.87. The second kappa shape index (κ2) is 9.47. The van der Waals surface area contributed by atoms with E-state index in [0.717, 1.165) is 17.5 Å². The molecule has 8 heteroatoms. The first-order valence-corrected chi connectivity index (χ1v) is 9.37. The SMILES string of the molecule is CC[C@@H](C(=O)O[C@@H]1O[C@H](C(=O)O)[C@@H](O)[C@H](O)[C@H]1O)c1ccc(CC(C)C)cc1. The molecule has 1 heterocycles. The number of rotatable bonds is 7. The summed E-state index contributed by atoms with van der Waals surface area (Å²) in [5, 5.41) is 38.6. The molecule has 1 fully saturated rings. The molecule has 156 valence electrons. The van der Waals surface area contributed by atoms with E-state index in [4.69, 9.17) is 14.6 Å². The molecule has 0 saturated carbocycles. The number of aliphatic carboxylic acids is 1. The molecule has 0 amide bonds. The average Bonchev–Trinajstić information content (AvgIpc) is 2.63. The molecule has 1 saturated heterocycles. The normalized spacial score (nSPS) is 28.8. The molecule has 0 spiro atoms. The number of ether oxygens (including phenoxy) is 2. The lowest BCUT2D eigenvalue weighted by Crippen LogP contribution is -2.60. The van der Waals surface area contributed by atoms with Crippen LogP contribution in [0.4, 0.5) is 0 Å². The van der Waals surface area contributed by atoms with Crippen LogP contribution in [0, 0.1) is 5.92 Å². The van der Waals surface area contributed by atoms with Gasteiger partial charge < -0.3 is 29.9 Å². The Bertz CT molecular complexity index is 671. The van der Waals surface area contributed by atoms with Gasteiger partial charge in [-0.05, 0) is 29.9 Å². The van der Waals surface area contributed by atoms with Crippen molar-refractivity contribution in [3.63, 3.8) is 0 Å². The average molecular weight is 396 g/mol. The molecule has 8 nitrogen and oxygen atoms in total. The number of carbonyl (C=O) groups excluding carboxylic acids is 1. The van der Waals surface area contributed by atoms with Gasteiger partial charge in [0.2, 0.25) is 6.29 Å². The van der Waals surface area contributed by atoms with Crippen LogP contribution in [-0.4, -0.2) is 63.1 Å². The third-order valence-corrected chi connectivity index (χ3v) is 4.76.